The van der Waals surface area contributed by atoms with Gasteiger partial charge in [0.05, 0.1) is 11.0 Å². The third-order valence-electron chi connectivity index (χ3n) is 3.20. The molecule has 0 aromatic carbocycles. The van der Waals surface area contributed by atoms with E-state index < -0.39 is 10.0 Å². The molecular weight excluding hydrogens is 330 g/mol. The van der Waals surface area contributed by atoms with E-state index in [0.29, 0.717) is 0 Å². The number of hydrogen-bond donors (Lipinski definition) is 2. The zero-order chi connectivity index (χ0) is 16.8. The second-order valence-electron chi connectivity index (χ2n) is 4.71. The Labute approximate surface area is 134 Å². The molecule has 1 heterocycles. The number of rotatable bonds is 9. The van der Waals surface area contributed by atoms with Crippen molar-refractivity contribution in [2.75, 3.05) is 31.6 Å². The number of imide groups is 1. The highest BCUT2D eigenvalue weighted by atomic mass is 32.2. The standard InChI is InChI=1S/C12H21N3O5S2/c1-3-22(19,20)14-6-5-13-10(16)4-7-15-11(17)8-9(21-2)12(15)18/h9,14H,3-8H2,1-2H3,(H,13,16). The lowest BCUT2D eigenvalue weighted by Crippen LogP contribution is -2.38. The quantitative estimate of drug-likeness (QED) is 0.404. The maximum absolute atomic E-state index is 11.8. The molecule has 0 saturated carbocycles. The van der Waals surface area contributed by atoms with E-state index >= 15 is 0 Å². The number of carbonyl (C=O) groups excluding carboxylic acids is 3. The number of amides is 3. The number of thioether (sulfide) groups is 1. The lowest BCUT2D eigenvalue weighted by atomic mass is 10.3. The summed E-state index contributed by atoms with van der Waals surface area (Å²) >= 11 is 1.33. The van der Waals surface area contributed by atoms with Crippen molar-refractivity contribution in [1.29, 1.82) is 0 Å². The Kier molecular flexibility index (Phi) is 7.30. The van der Waals surface area contributed by atoms with Crippen LogP contribution in [-0.4, -0.2) is 67.9 Å². The number of likely N-dealkylation sites (tertiary alicyclic amines) is 1. The summed E-state index contributed by atoms with van der Waals surface area (Å²) in [6.07, 6.45) is 1.96. The van der Waals surface area contributed by atoms with Gasteiger partial charge >= 0.3 is 0 Å². The van der Waals surface area contributed by atoms with Crippen LogP contribution in [0.25, 0.3) is 0 Å². The number of hydrogen-bond acceptors (Lipinski definition) is 6. The predicted octanol–water partition coefficient (Wildman–Crippen LogP) is -1.08. The third kappa shape index (κ3) is 5.58. The van der Waals surface area contributed by atoms with Crippen molar-refractivity contribution in [3.63, 3.8) is 0 Å². The van der Waals surface area contributed by atoms with Gasteiger partial charge in [-0.25, -0.2) is 13.1 Å². The van der Waals surface area contributed by atoms with Crippen molar-refractivity contribution >= 4 is 39.5 Å². The molecule has 1 atom stereocenters. The maximum atomic E-state index is 11.8. The van der Waals surface area contributed by atoms with Crippen molar-refractivity contribution in [2.45, 2.75) is 25.0 Å². The van der Waals surface area contributed by atoms with Crippen LogP contribution in [0.15, 0.2) is 0 Å². The summed E-state index contributed by atoms with van der Waals surface area (Å²) in [4.78, 5) is 36.2. The molecule has 0 aliphatic carbocycles. The summed E-state index contributed by atoms with van der Waals surface area (Å²) in [5, 5.41) is 2.19. The van der Waals surface area contributed by atoms with E-state index in [-0.39, 0.29) is 61.2 Å². The predicted molar refractivity (Wildman–Crippen MR) is 83.7 cm³/mol. The van der Waals surface area contributed by atoms with E-state index in [1.807, 2.05) is 0 Å². The first-order valence-corrected chi connectivity index (χ1v) is 9.85. The number of sulfonamides is 1. The van der Waals surface area contributed by atoms with Crippen LogP contribution in [0.5, 0.6) is 0 Å². The van der Waals surface area contributed by atoms with Gasteiger partial charge in [-0.3, -0.25) is 19.3 Å². The van der Waals surface area contributed by atoms with Crippen molar-refractivity contribution in [3.8, 4) is 0 Å². The molecule has 1 rings (SSSR count). The molecule has 1 aliphatic rings. The average Bonchev–Trinajstić information content (AvgIpc) is 2.76. The molecule has 0 bridgehead atoms. The highest BCUT2D eigenvalue weighted by Gasteiger charge is 2.37. The van der Waals surface area contributed by atoms with Gasteiger partial charge in [0.1, 0.15) is 0 Å². The third-order valence-corrected chi connectivity index (χ3v) is 5.54. The van der Waals surface area contributed by atoms with Crippen LogP contribution in [0.1, 0.15) is 19.8 Å². The Morgan fingerprint density at radius 1 is 1.36 bits per heavy atom. The van der Waals surface area contributed by atoms with E-state index in [1.54, 1.807) is 6.26 Å². The maximum Gasteiger partial charge on any atom is 0.242 e. The molecule has 1 unspecified atom stereocenters. The number of nitrogens with zero attached hydrogens (tertiary/aromatic N) is 1. The molecule has 3 amide bonds. The van der Waals surface area contributed by atoms with Gasteiger partial charge in [0, 0.05) is 32.5 Å². The number of carbonyl (C=O) groups is 3. The Bertz CT molecular complexity index is 535. The Hall–Kier alpha value is -1.13. The van der Waals surface area contributed by atoms with Crippen LogP contribution in [0.4, 0.5) is 0 Å². The van der Waals surface area contributed by atoms with Gasteiger partial charge in [-0.1, -0.05) is 0 Å². The molecule has 8 nitrogen and oxygen atoms in total. The van der Waals surface area contributed by atoms with E-state index in [4.69, 9.17) is 0 Å². The Morgan fingerprint density at radius 2 is 2.05 bits per heavy atom. The van der Waals surface area contributed by atoms with E-state index in [1.165, 1.54) is 18.7 Å². The molecule has 1 aliphatic heterocycles. The highest BCUT2D eigenvalue weighted by Crippen LogP contribution is 2.22. The van der Waals surface area contributed by atoms with Crippen molar-refractivity contribution in [2.24, 2.45) is 0 Å². The minimum Gasteiger partial charge on any atom is -0.355 e. The first kappa shape index (κ1) is 18.9. The zero-order valence-electron chi connectivity index (χ0n) is 12.6. The molecule has 2 N–H and O–H groups in total. The van der Waals surface area contributed by atoms with Crippen LogP contribution >= 0.6 is 11.8 Å². The van der Waals surface area contributed by atoms with Gasteiger partial charge in [0.15, 0.2) is 0 Å². The SMILES string of the molecule is CCS(=O)(=O)NCCNC(=O)CCN1C(=O)CC(SC)C1=O. The Balaban J connectivity index is 2.26. The van der Waals surface area contributed by atoms with Gasteiger partial charge in [0.2, 0.25) is 27.7 Å². The fourth-order valence-corrected chi connectivity index (χ4v) is 3.14. The fraction of sp³-hybridized carbons (Fsp3) is 0.750. The smallest absolute Gasteiger partial charge is 0.242 e. The lowest BCUT2D eigenvalue weighted by Gasteiger charge is -2.14. The molecule has 0 radical (unpaired) electrons. The van der Waals surface area contributed by atoms with Gasteiger partial charge in [-0.2, -0.15) is 11.8 Å². The topological polar surface area (TPSA) is 113 Å². The molecule has 0 aromatic rings. The number of nitrogens with one attached hydrogen (secondary N) is 2. The van der Waals surface area contributed by atoms with Gasteiger partial charge in [-0.15, -0.1) is 0 Å². The van der Waals surface area contributed by atoms with Crippen LogP contribution in [0.3, 0.4) is 0 Å². The monoisotopic (exact) mass is 351 g/mol. The second-order valence-corrected chi connectivity index (χ2v) is 7.85. The minimum absolute atomic E-state index is 0.0130. The van der Waals surface area contributed by atoms with Crippen molar-refractivity contribution < 1.29 is 22.8 Å². The fourth-order valence-electron chi connectivity index (χ4n) is 1.88. The summed E-state index contributed by atoms with van der Waals surface area (Å²) < 4.78 is 24.7. The minimum atomic E-state index is -3.27. The molecule has 10 heteroatoms. The zero-order valence-corrected chi connectivity index (χ0v) is 14.3. The van der Waals surface area contributed by atoms with Crippen LogP contribution < -0.4 is 10.0 Å². The van der Waals surface area contributed by atoms with E-state index in [0.717, 1.165) is 4.90 Å². The Morgan fingerprint density at radius 3 is 2.59 bits per heavy atom. The second kappa shape index (κ2) is 8.49. The van der Waals surface area contributed by atoms with Gasteiger partial charge < -0.3 is 5.32 Å². The van der Waals surface area contributed by atoms with E-state index in [2.05, 4.69) is 10.0 Å². The molecular formula is C12H21N3O5S2. The molecule has 22 heavy (non-hydrogen) atoms. The van der Waals surface area contributed by atoms with E-state index in [9.17, 15) is 22.8 Å². The molecule has 126 valence electrons. The summed E-state index contributed by atoms with van der Waals surface area (Å²) in [7, 11) is -3.27. The summed E-state index contributed by atoms with van der Waals surface area (Å²) in [6, 6.07) is 0. The van der Waals surface area contributed by atoms with Crippen molar-refractivity contribution in [3.05, 3.63) is 0 Å². The molecule has 0 aromatic heterocycles. The van der Waals surface area contributed by atoms with Gasteiger partial charge in [-0.05, 0) is 13.2 Å². The van der Waals surface area contributed by atoms with Crippen molar-refractivity contribution in [1.82, 2.24) is 14.9 Å². The first-order valence-electron chi connectivity index (χ1n) is 6.91. The summed E-state index contributed by atoms with van der Waals surface area (Å²) in [5.74, 6) is -0.853. The normalized spacial score (nSPS) is 18.8. The molecule has 0 spiro atoms. The molecule has 1 fully saturated rings. The largest absolute Gasteiger partial charge is 0.355 e. The van der Waals surface area contributed by atoms with Crippen LogP contribution in [0, 0.1) is 0 Å². The van der Waals surface area contributed by atoms with Gasteiger partial charge in [0.25, 0.3) is 0 Å². The summed E-state index contributed by atoms with van der Waals surface area (Å²) in [5.41, 5.74) is 0. The van der Waals surface area contributed by atoms with Crippen LogP contribution in [-0.2, 0) is 24.4 Å². The lowest BCUT2D eigenvalue weighted by molar-refractivity contribution is -0.138. The highest BCUT2D eigenvalue weighted by molar-refractivity contribution is 8.00. The first-order chi connectivity index (χ1) is 10.3. The average molecular weight is 351 g/mol. The van der Waals surface area contributed by atoms with Crippen LogP contribution in [0.2, 0.25) is 0 Å². The summed E-state index contributed by atoms with van der Waals surface area (Å²) in [6.45, 7) is 1.85. The molecule has 1 saturated heterocycles.